The van der Waals surface area contributed by atoms with Crippen molar-refractivity contribution in [3.63, 3.8) is 0 Å². The Bertz CT molecular complexity index is 1420. The van der Waals surface area contributed by atoms with Crippen LogP contribution in [0.4, 0.5) is 10.9 Å². The van der Waals surface area contributed by atoms with Crippen LogP contribution in [-0.4, -0.2) is 78.5 Å². The number of β-lactam (4-membered cyclic amide) rings is 1. The van der Waals surface area contributed by atoms with Crippen LogP contribution in [0.3, 0.4) is 0 Å². The van der Waals surface area contributed by atoms with Gasteiger partial charge in [-0.2, -0.15) is 0 Å². The summed E-state index contributed by atoms with van der Waals surface area (Å²) < 4.78 is 8.56. The lowest BCUT2D eigenvalue weighted by Gasteiger charge is -2.49. The summed E-state index contributed by atoms with van der Waals surface area (Å²) in [5.74, 6) is -2.55. The normalized spacial score (nSPS) is 19.1. The molecule has 0 saturated carbocycles. The predicted octanol–water partition coefficient (Wildman–Crippen LogP) is -0.565. The Balaban J connectivity index is 1.50. The fourth-order valence-corrected chi connectivity index (χ4v) is 5.89. The second kappa shape index (κ2) is 11.2. The fraction of sp³-hybridized carbons (Fsp3) is 0.435. The minimum absolute atomic E-state index is 0.0800. The highest BCUT2D eigenvalue weighted by molar-refractivity contribution is 8.00. The zero-order valence-electron chi connectivity index (χ0n) is 22.1. The predicted molar refractivity (Wildman–Crippen MR) is 145 cm³/mol. The summed E-state index contributed by atoms with van der Waals surface area (Å²) in [7, 11) is 1.74. The number of rotatable bonds is 9. The van der Waals surface area contributed by atoms with Crippen molar-refractivity contribution >= 4 is 63.5 Å². The van der Waals surface area contributed by atoms with Gasteiger partial charge in [-0.15, -0.1) is 32.5 Å². The summed E-state index contributed by atoms with van der Waals surface area (Å²) in [6, 6.07) is 0.658. The highest BCUT2D eigenvalue weighted by atomic mass is 32.2. The number of nitrogens with one attached hydrogen (secondary N) is 1. The topological polar surface area (TPSA) is 208 Å². The third-order valence-electron chi connectivity index (χ3n) is 5.80. The van der Waals surface area contributed by atoms with E-state index in [4.69, 9.17) is 21.0 Å². The van der Waals surface area contributed by atoms with Crippen LogP contribution in [-0.2, 0) is 42.3 Å². The van der Waals surface area contributed by atoms with Crippen LogP contribution in [0.25, 0.3) is 0 Å². The molecule has 2 atom stereocenters. The van der Waals surface area contributed by atoms with Crippen molar-refractivity contribution in [3.05, 3.63) is 34.6 Å². The van der Waals surface area contributed by atoms with E-state index < -0.39 is 47.4 Å². The summed E-state index contributed by atoms with van der Waals surface area (Å²) >= 11 is 2.37. The molecule has 40 heavy (non-hydrogen) atoms. The van der Waals surface area contributed by atoms with Crippen molar-refractivity contribution in [1.82, 2.24) is 19.9 Å². The highest BCUT2D eigenvalue weighted by Gasteiger charge is 2.55. The van der Waals surface area contributed by atoms with Crippen LogP contribution in [0.5, 0.6) is 0 Å². The van der Waals surface area contributed by atoms with Gasteiger partial charge >= 0.3 is 11.9 Å². The number of carboxylic acid groups (broad SMARTS) is 1. The van der Waals surface area contributed by atoms with E-state index in [1.165, 1.54) is 22.0 Å². The van der Waals surface area contributed by atoms with Crippen LogP contribution < -0.4 is 21.5 Å². The first-order chi connectivity index (χ1) is 18.8. The molecule has 2 aromatic heterocycles. The summed E-state index contributed by atoms with van der Waals surface area (Å²) in [6.07, 6.45) is 1.72. The number of nitrogens with zero attached hydrogens (tertiary/aromatic N) is 5. The van der Waals surface area contributed by atoms with E-state index >= 15 is 0 Å². The number of oxime groups is 1. The first-order valence-corrected chi connectivity index (χ1v) is 13.8. The van der Waals surface area contributed by atoms with Crippen LogP contribution in [0, 0.1) is 0 Å². The van der Waals surface area contributed by atoms with E-state index in [0.717, 1.165) is 11.3 Å². The molecule has 2 aliphatic rings. The SMILES string of the molecule is Cn1c(N)cc[n+]1CC1=C(C(=O)O)N2C(=O)[C@@H](NC(=O)C(=NOCC(=O)OC(C)(C)C)c3csc(N)n3)[C@H]2SC1. The first-order valence-electron chi connectivity index (χ1n) is 11.9. The highest BCUT2D eigenvalue weighted by Crippen LogP contribution is 2.40. The number of esters is 1. The molecule has 1 fully saturated rings. The average Bonchev–Trinajstić information content (AvgIpc) is 3.43. The van der Waals surface area contributed by atoms with Crippen molar-refractivity contribution in [2.75, 3.05) is 23.8 Å². The van der Waals surface area contributed by atoms with E-state index in [1.54, 1.807) is 49.4 Å². The minimum Gasteiger partial charge on any atom is -0.477 e. The maximum Gasteiger partial charge on any atom is 0.352 e. The van der Waals surface area contributed by atoms with Gasteiger partial charge in [0.1, 0.15) is 28.4 Å². The number of carbonyl (C=O) groups is 4. The number of amides is 2. The molecule has 0 unspecified atom stereocenters. The summed E-state index contributed by atoms with van der Waals surface area (Å²) in [5.41, 5.74) is 11.0. The molecule has 17 heteroatoms. The number of thioether (sulfide) groups is 1. The molecule has 2 amide bonds. The van der Waals surface area contributed by atoms with Gasteiger partial charge in [0, 0.05) is 16.7 Å². The summed E-state index contributed by atoms with van der Waals surface area (Å²) in [6.45, 7) is 4.72. The van der Waals surface area contributed by atoms with Gasteiger partial charge in [0.05, 0.1) is 13.1 Å². The third-order valence-corrected chi connectivity index (χ3v) is 7.82. The lowest BCUT2D eigenvalue weighted by Crippen LogP contribution is -2.71. The van der Waals surface area contributed by atoms with E-state index in [-0.39, 0.29) is 28.8 Å². The molecule has 6 N–H and O–H groups in total. The molecule has 15 nitrogen and oxygen atoms in total. The van der Waals surface area contributed by atoms with Gasteiger partial charge in [-0.05, 0) is 20.8 Å². The van der Waals surface area contributed by atoms with Crippen LogP contribution in [0.15, 0.2) is 34.1 Å². The number of nitrogens with two attached hydrogens (primary N) is 2. The Morgan fingerprint density at radius 2 is 2.05 bits per heavy atom. The Morgan fingerprint density at radius 1 is 1.32 bits per heavy atom. The zero-order chi connectivity index (χ0) is 29.4. The van der Waals surface area contributed by atoms with Gasteiger partial charge in [-0.1, -0.05) is 5.16 Å². The number of carboxylic acids is 1. The van der Waals surface area contributed by atoms with Crippen molar-refractivity contribution in [1.29, 1.82) is 0 Å². The van der Waals surface area contributed by atoms with Gasteiger partial charge in [0.2, 0.25) is 6.61 Å². The molecule has 0 aromatic carbocycles. The van der Waals surface area contributed by atoms with Crippen molar-refractivity contribution in [2.24, 2.45) is 12.2 Å². The van der Waals surface area contributed by atoms with Gasteiger partial charge in [-0.25, -0.2) is 14.6 Å². The number of anilines is 2. The Morgan fingerprint density at radius 3 is 2.62 bits per heavy atom. The van der Waals surface area contributed by atoms with Crippen LogP contribution in [0.1, 0.15) is 26.5 Å². The van der Waals surface area contributed by atoms with Crippen molar-refractivity contribution < 1.29 is 38.5 Å². The van der Waals surface area contributed by atoms with E-state index in [2.05, 4.69) is 15.5 Å². The van der Waals surface area contributed by atoms with E-state index in [1.807, 2.05) is 0 Å². The first kappa shape index (κ1) is 28.9. The average molecular weight is 594 g/mol. The number of aromatic nitrogens is 3. The van der Waals surface area contributed by atoms with Crippen LogP contribution >= 0.6 is 23.1 Å². The largest absolute Gasteiger partial charge is 0.477 e. The summed E-state index contributed by atoms with van der Waals surface area (Å²) in [4.78, 5) is 60.7. The standard InChI is InChI=1S/C23H28N8O7S2/c1-23(2,3)38-14(32)8-37-28-15(12-10-40-22(25)26-12)18(33)27-16-19(34)31-17(21(35)36)11(9-39-20(16)31)7-30-6-5-13(24)29(30)4/h5-6,10,16,20,24H,7-9H2,1-4H3,(H4,25,26,27,33,35,36)/p+1/t16-,20-/m1/s1. The van der Waals surface area contributed by atoms with E-state index in [9.17, 15) is 24.3 Å². The lowest BCUT2D eigenvalue weighted by atomic mass is 10.0. The maximum absolute atomic E-state index is 13.2. The molecule has 4 heterocycles. The Hall–Kier alpha value is -4.12. The molecular formula is C23H29N8O7S2+. The molecule has 2 aromatic rings. The Kier molecular flexibility index (Phi) is 8.06. The smallest absolute Gasteiger partial charge is 0.352 e. The minimum atomic E-state index is -1.25. The zero-order valence-corrected chi connectivity index (χ0v) is 23.7. The van der Waals surface area contributed by atoms with E-state index in [0.29, 0.717) is 17.1 Å². The molecule has 2 aliphatic heterocycles. The van der Waals surface area contributed by atoms with Crippen molar-refractivity contribution in [2.45, 2.75) is 44.3 Å². The molecule has 1 saturated heterocycles. The van der Waals surface area contributed by atoms with Crippen LogP contribution in [0.2, 0.25) is 0 Å². The number of hydrogen-bond acceptors (Lipinski definition) is 12. The molecule has 0 aliphatic carbocycles. The fourth-order valence-electron chi connectivity index (χ4n) is 4.01. The molecule has 0 bridgehead atoms. The molecule has 4 rings (SSSR count). The number of hydrogen-bond donors (Lipinski definition) is 4. The van der Waals surface area contributed by atoms with Gasteiger partial charge in [0.25, 0.3) is 11.8 Å². The molecule has 214 valence electrons. The van der Waals surface area contributed by atoms with Gasteiger partial charge in [0.15, 0.2) is 29.4 Å². The number of fused-ring (bicyclic) bond motifs is 1. The second-order valence-electron chi connectivity index (χ2n) is 9.85. The number of aliphatic carboxylic acids is 1. The van der Waals surface area contributed by atoms with Gasteiger partial charge in [-0.3, -0.25) is 14.5 Å². The Labute approximate surface area is 236 Å². The lowest BCUT2D eigenvalue weighted by molar-refractivity contribution is -0.765. The maximum atomic E-state index is 13.2. The quantitative estimate of drug-likeness (QED) is 0.0952. The van der Waals surface area contributed by atoms with Gasteiger partial charge < -0.3 is 31.5 Å². The molecule has 0 spiro atoms. The number of nitrogen functional groups attached to an aromatic ring is 2. The van der Waals surface area contributed by atoms with Crippen molar-refractivity contribution in [3.8, 4) is 0 Å². The third kappa shape index (κ3) is 6.04. The molecular weight excluding hydrogens is 564 g/mol. The number of ether oxygens (including phenoxy) is 1. The number of thiazole rings is 1. The summed E-state index contributed by atoms with van der Waals surface area (Å²) in [5, 5.41) is 17.3. The monoisotopic (exact) mass is 593 g/mol. The number of carbonyl (C=O) groups excluding carboxylic acids is 3. The molecule has 0 radical (unpaired) electrons. The second-order valence-corrected chi connectivity index (χ2v) is 11.8.